The zero-order valence-electron chi connectivity index (χ0n) is 17.9. The lowest BCUT2D eigenvalue weighted by molar-refractivity contribution is -0.0428. The minimum atomic E-state index is -3.73. The summed E-state index contributed by atoms with van der Waals surface area (Å²) in [4.78, 5) is 22.2. The number of carbonyl (C=O) groups is 1. The van der Waals surface area contributed by atoms with Gasteiger partial charge in [0.05, 0.1) is 48.6 Å². The molecule has 1 aliphatic carbocycles. The molecule has 10 nitrogen and oxygen atoms in total. The Morgan fingerprint density at radius 2 is 2.03 bits per heavy atom. The maximum Gasteiger partial charge on any atom is 0.263 e. The number of hydrogen-bond acceptors (Lipinski definition) is 7. The van der Waals surface area contributed by atoms with Crippen molar-refractivity contribution >= 4 is 27.6 Å². The van der Waals surface area contributed by atoms with Crippen molar-refractivity contribution < 1.29 is 17.9 Å². The molecule has 0 unspecified atom stereocenters. The van der Waals surface area contributed by atoms with Crippen LogP contribution in [0.25, 0.3) is 0 Å². The van der Waals surface area contributed by atoms with E-state index < -0.39 is 15.6 Å². The van der Waals surface area contributed by atoms with Gasteiger partial charge < -0.3 is 9.64 Å². The number of hydrogen-bond donors (Lipinski definition) is 1. The van der Waals surface area contributed by atoms with Crippen LogP contribution in [0.1, 0.15) is 35.7 Å². The van der Waals surface area contributed by atoms with Crippen molar-refractivity contribution in [3.05, 3.63) is 41.7 Å². The number of rotatable bonds is 5. The molecule has 4 aliphatic rings. The number of anilines is 1. The number of amides is 1. The summed E-state index contributed by atoms with van der Waals surface area (Å²) in [6.07, 6.45) is 5.19. The quantitative estimate of drug-likeness (QED) is 0.715. The molecule has 1 saturated heterocycles. The molecule has 1 spiro atoms. The fourth-order valence-electron chi connectivity index (χ4n) is 4.44. The predicted molar refractivity (Wildman–Crippen MR) is 116 cm³/mol. The van der Waals surface area contributed by atoms with Gasteiger partial charge in [-0.05, 0) is 38.0 Å². The largest absolute Gasteiger partial charge is 0.376 e. The average molecular weight is 457 g/mol. The summed E-state index contributed by atoms with van der Waals surface area (Å²) in [5.41, 5.74) is 1.14. The van der Waals surface area contributed by atoms with Crippen LogP contribution < -0.4 is 9.62 Å². The Hall–Kier alpha value is -2.76. The van der Waals surface area contributed by atoms with Gasteiger partial charge in [-0.15, -0.1) is 0 Å². The highest BCUT2D eigenvalue weighted by atomic mass is 32.2. The number of aryl methyl sites for hydroxylation is 1. The number of nitrogens with one attached hydrogen (secondary N) is 1. The summed E-state index contributed by atoms with van der Waals surface area (Å²) in [7, 11) is -1.91. The number of aromatic nitrogens is 2. The second-order valence-electron chi connectivity index (χ2n) is 9.47. The molecule has 0 atom stereocenters. The Balaban J connectivity index is 1.41. The van der Waals surface area contributed by atoms with E-state index in [4.69, 9.17) is 9.73 Å². The second kappa shape index (κ2) is 6.40. The minimum Gasteiger partial charge on any atom is -0.376 e. The maximum absolute atomic E-state index is 13.6. The fourth-order valence-corrected chi connectivity index (χ4v) is 5.93. The molecule has 168 valence electrons. The van der Waals surface area contributed by atoms with Crippen LogP contribution in [-0.4, -0.2) is 65.8 Å². The smallest absolute Gasteiger partial charge is 0.263 e. The first-order chi connectivity index (χ1) is 15.2. The van der Waals surface area contributed by atoms with E-state index in [0.717, 1.165) is 18.4 Å². The molecular formula is C21H24N6O4S. The lowest BCUT2D eigenvalue weighted by Crippen LogP contribution is -2.53. The van der Waals surface area contributed by atoms with Crippen molar-refractivity contribution in [1.29, 1.82) is 0 Å². The van der Waals surface area contributed by atoms with Gasteiger partial charge in [0.1, 0.15) is 5.54 Å². The summed E-state index contributed by atoms with van der Waals surface area (Å²) in [5.74, 6) is 0.305. The Bertz CT molecular complexity index is 1270. The van der Waals surface area contributed by atoms with Crippen molar-refractivity contribution in [2.45, 2.75) is 42.3 Å². The monoisotopic (exact) mass is 456 g/mol. The lowest BCUT2D eigenvalue weighted by Gasteiger charge is -2.37. The average Bonchev–Trinajstić information content (AvgIpc) is 3.12. The molecule has 2 aromatic rings. The molecule has 1 aromatic heterocycles. The molecule has 4 heterocycles. The Morgan fingerprint density at radius 3 is 2.66 bits per heavy atom. The normalized spacial score (nSPS) is 22.4. The molecule has 1 N–H and O–H groups in total. The number of benzene rings is 1. The number of aliphatic imine (C=N–C) groups is 1. The van der Waals surface area contributed by atoms with E-state index in [1.165, 1.54) is 6.07 Å². The SMILES string of the molecule is Cn1cc(CN2C(=O)c3cc(S(=O)(=O)NC4(C)CC4)ccc3N3CC4(COC4)N=C23)cn1. The zero-order valence-corrected chi connectivity index (χ0v) is 18.7. The maximum atomic E-state index is 13.6. The summed E-state index contributed by atoms with van der Waals surface area (Å²) in [5, 5.41) is 4.20. The topological polar surface area (TPSA) is 109 Å². The molecule has 0 radical (unpaired) electrons. The number of ether oxygens (including phenoxy) is 1. The van der Waals surface area contributed by atoms with E-state index in [-0.39, 0.29) is 16.3 Å². The fraction of sp³-hybridized carbons (Fsp3) is 0.476. The molecule has 1 amide bonds. The van der Waals surface area contributed by atoms with Gasteiger partial charge in [-0.1, -0.05) is 0 Å². The van der Waals surface area contributed by atoms with E-state index in [0.29, 0.717) is 43.5 Å². The molecule has 0 bridgehead atoms. The first-order valence-electron chi connectivity index (χ1n) is 10.6. The van der Waals surface area contributed by atoms with Crippen molar-refractivity contribution in [1.82, 2.24) is 19.4 Å². The van der Waals surface area contributed by atoms with Gasteiger partial charge >= 0.3 is 0 Å². The van der Waals surface area contributed by atoms with Crippen LogP contribution in [0.2, 0.25) is 0 Å². The Kier molecular flexibility index (Phi) is 3.98. The van der Waals surface area contributed by atoms with E-state index in [1.807, 2.05) is 25.1 Å². The van der Waals surface area contributed by atoms with E-state index in [2.05, 4.69) is 9.82 Å². The molecule has 2 fully saturated rings. The molecule has 11 heteroatoms. The molecule has 6 rings (SSSR count). The van der Waals surface area contributed by atoms with E-state index in [9.17, 15) is 13.2 Å². The van der Waals surface area contributed by atoms with Crippen molar-refractivity contribution in [3.8, 4) is 0 Å². The van der Waals surface area contributed by atoms with Crippen LogP contribution in [0.5, 0.6) is 0 Å². The molecule has 32 heavy (non-hydrogen) atoms. The Morgan fingerprint density at radius 1 is 1.25 bits per heavy atom. The third kappa shape index (κ3) is 3.06. The second-order valence-corrected chi connectivity index (χ2v) is 11.2. The van der Waals surface area contributed by atoms with Crippen LogP contribution in [0, 0.1) is 0 Å². The van der Waals surface area contributed by atoms with Crippen LogP contribution in [0.4, 0.5) is 5.69 Å². The number of guanidine groups is 1. The highest BCUT2D eigenvalue weighted by Gasteiger charge is 2.51. The van der Waals surface area contributed by atoms with Gasteiger partial charge in [-0.3, -0.25) is 14.4 Å². The Labute approximate surface area is 185 Å². The number of fused-ring (bicyclic) bond motifs is 3. The van der Waals surface area contributed by atoms with Crippen LogP contribution in [0.15, 0.2) is 40.5 Å². The first-order valence-corrected chi connectivity index (χ1v) is 12.1. The summed E-state index contributed by atoms with van der Waals surface area (Å²) in [6.45, 7) is 3.79. The zero-order chi connectivity index (χ0) is 22.3. The van der Waals surface area contributed by atoms with E-state index >= 15 is 0 Å². The number of sulfonamides is 1. The molecule has 3 aliphatic heterocycles. The van der Waals surface area contributed by atoms with Gasteiger partial charge in [0, 0.05) is 24.3 Å². The van der Waals surface area contributed by atoms with Gasteiger partial charge in [0.2, 0.25) is 16.0 Å². The number of carbonyl (C=O) groups excluding carboxylic acids is 1. The molecule has 1 saturated carbocycles. The summed E-state index contributed by atoms with van der Waals surface area (Å²) in [6, 6.07) is 4.77. The van der Waals surface area contributed by atoms with E-state index in [1.54, 1.807) is 27.9 Å². The minimum absolute atomic E-state index is 0.0975. The van der Waals surface area contributed by atoms with Gasteiger partial charge in [0.25, 0.3) is 5.91 Å². The van der Waals surface area contributed by atoms with Crippen molar-refractivity contribution in [2.24, 2.45) is 12.0 Å². The summed E-state index contributed by atoms with van der Waals surface area (Å²) >= 11 is 0. The third-order valence-corrected chi connectivity index (χ3v) is 8.17. The molecular weight excluding hydrogens is 432 g/mol. The summed E-state index contributed by atoms with van der Waals surface area (Å²) < 4.78 is 35.7. The highest BCUT2D eigenvalue weighted by molar-refractivity contribution is 7.89. The lowest BCUT2D eigenvalue weighted by atomic mass is 9.98. The highest BCUT2D eigenvalue weighted by Crippen LogP contribution is 2.40. The van der Waals surface area contributed by atoms with Crippen LogP contribution in [-0.2, 0) is 28.4 Å². The number of nitrogens with zero attached hydrogens (tertiary/aromatic N) is 5. The predicted octanol–water partition coefficient (Wildman–Crippen LogP) is 0.852. The van der Waals surface area contributed by atoms with Gasteiger partial charge in [-0.2, -0.15) is 5.10 Å². The van der Waals surface area contributed by atoms with Crippen molar-refractivity contribution in [3.63, 3.8) is 0 Å². The van der Waals surface area contributed by atoms with Gasteiger partial charge in [0.15, 0.2) is 0 Å². The first kappa shape index (κ1) is 19.9. The molecule has 1 aromatic carbocycles. The van der Waals surface area contributed by atoms with Crippen molar-refractivity contribution in [2.75, 3.05) is 24.7 Å². The third-order valence-electron chi connectivity index (χ3n) is 6.54. The van der Waals surface area contributed by atoms with Crippen LogP contribution >= 0.6 is 0 Å². The van der Waals surface area contributed by atoms with Crippen LogP contribution in [0.3, 0.4) is 0 Å². The standard InChI is InChI=1S/C21H24N6O4S/c1-20(5-6-20)24-32(29,30)15-3-4-17-16(7-15)18(28)26(10-14-8-22-25(2)9-14)19-23-21(11-27(17)19)12-31-13-21/h3-4,7-9,24H,5-6,10-13H2,1-2H3. The van der Waals surface area contributed by atoms with Gasteiger partial charge in [-0.25, -0.2) is 18.1 Å².